The number of rotatable bonds is 20. The van der Waals surface area contributed by atoms with Gasteiger partial charge in [-0.15, -0.1) is 0 Å². The lowest BCUT2D eigenvalue weighted by Gasteiger charge is -2.33. The molecule has 0 bridgehead atoms. The molecular weight excluding hydrogens is 440 g/mol. The quantitative estimate of drug-likeness (QED) is 0.202. The Morgan fingerprint density at radius 3 is 1.42 bits per heavy atom. The smallest absolute Gasteiger partial charge is 0.302 e. The van der Waals surface area contributed by atoms with Gasteiger partial charge in [-0.2, -0.15) is 0 Å². The molecule has 11 heteroatoms. The molecule has 0 fully saturated rings. The van der Waals surface area contributed by atoms with E-state index < -0.39 is 35.7 Å². The van der Waals surface area contributed by atoms with Crippen molar-refractivity contribution in [3.8, 4) is 0 Å². The summed E-state index contributed by atoms with van der Waals surface area (Å²) >= 11 is 0. The predicted molar refractivity (Wildman–Crippen MR) is 116 cm³/mol. The van der Waals surface area contributed by atoms with E-state index in [4.69, 9.17) is 23.7 Å². The summed E-state index contributed by atoms with van der Waals surface area (Å²) < 4.78 is 26.4. The molecule has 0 amide bonds. The topological polar surface area (TPSA) is 158 Å². The summed E-state index contributed by atoms with van der Waals surface area (Å²) in [5.74, 6) is -1.03. The maximum absolute atomic E-state index is 11.1. The summed E-state index contributed by atoms with van der Waals surface area (Å²) in [6.07, 6.45) is -1.67. The molecule has 3 N–H and O–H groups in total. The second-order valence-corrected chi connectivity index (χ2v) is 8.21. The first-order valence-corrected chi connectivity index (χ1v) is 11.0. The van der Waals surface area contributed by atoms with Crippen LogP contribution in [0.4, 0.5) is 0 Å². The van der Waals surface area contributed by atoms with Gasteiger partial charge in [0.1, 0.15) is 31.2 Å². The maximum atomic E-state index is 11.1. The van der Waals surface area contributed by atoms with Crippen molar-refractivity contribution >= 4 is 17.7 Å². The molecule has 11 nitrogen and oxygen atoms in total. The molecule has 0 saturated heterocycles. The third kappa shape index (κ3) is 17.5. The van der Waals surface area contributed by atoms with Crippen LogP contribution in [0.2, 0.25) is 0 Å². The van der Waals surface area contributed by atoms with E-state index in [1.165, 1.54) is 20.8 Å². The van der Waals surface area contributed by atoms with Gasteiger partial charge in [0.05, 0.1) is 45.7 Å². The molecule has 0 aliphatic carbocycles. The van der Waals surface area contributed by atoms with E-state index in [0.29, 0.717) is 12.8 Å². The third-order valence-corrected chi connectivity index (χ3v) is 4.69. The number of ether oxygens (including phenoxy) is 5. The Morgan fingerprint density at radius 2 is 1.09 bits per heavy atom. The Bertz CT molecular complexity index is 492. The maximum Gasteiger partial charge on any atom is 0.302 e. The molecule has 0 aliphatic rings. The molecular formula is C22H40O11. The predicted octanol–water partition coefficient (Wildman–Crippen LogP) is 0.0107. The van der Waals surface area contributed by atoms with Crippen LogP contribution >= 0.6 is 0 Å². The summed E-state index contributed by atoms with van der Waals surface area (Å²) in [6, 6.07) is 0. The second kappa shape index (κ2) is 17.8. The first-order valence-electron chi connectivity index (χ1n) is 11.0. The van der Waals surface area contributed by atoms with E-state index in [-0.39, 0.29) is 65.1 Å². The van der Waals surface area contributed by atoms with Gasteiger partial charge in [0.25, 0.3) is 0 Å². The lowest BCUT2D eigenvalue weighted by atomic mass is 9.88. The number of ketones is 1. The van der Waals surface area contributed by atoms with Gasteiger partial charge >= 0.3 is 11.9 Å². The number of hydrogen-bond donors (Lipinski definition) is 3. The minimum absolute atomic E-state index is 0.0154. The van der Waals surface area contributed by atoms with Crippen LogP contribution in [-0.2, 0) is 38.1 Å². The zero-order valence-corrected chi connectivity index (χ0v) is 20.1. The van der Waals surface area contributed by atoms with E-state index in [1.54, 1.807) is 0 Å². The van der Waals surface area contributed by atoms with Crippen molar-refractivity contribution in [1.82, 2.24) is 0 Å². The van der Waals surface area contributed by atoms with Crippen LogP contribution in [0, 0.1) is 5.41 Å². The van der Waals surface area contributed by atoms with Gasteiger partial charge in [0.2, 0.25) is 0 Å². The fraction of sp³-hybridized carbons (Fsp3) is 0.864. The van der Waals surface area contributed by atoms with Crippen molar-refractivity contribution in [2.75, 3.05) is 52.9 Å². The minimum atomic E-state index is -0.996. The third-order valence-electron chi connectivity index (χ3n) is 4.69. The Morgan fingerprint density at radius 1 is 0.697 bits per heavy atom. The van der Waals surface area contributed by atoms with Crippen molar-refractivity contribution in [2.45, 2.75) is 65.3 Å². The van der Waals surface area contributed by atoms with Gasteiger partial charge < -0.3 is 43.8 Å². The molecule has 0 radical (unpaired) electrons. The van der Waals surface area contributed by atoms with Crippen molar-refractivity contribution in [3.63, 3.8) is 0 Å². The highest BCUT2D eigenvalue weighted by Gasteiger charge is 2.31. The highest BCUT2D eigenvalue weighted by Crippen LogP contribution is 2.24. The van der Waals surface area contributed by atoms with E-state index >= 15 is 0 Å². The van der Waals surface area contributed by atoms with E-state index in [1.807, 2.05) is 6.92 Å². The molecule has 0 aromatic heterocycles. The van der Waals surface area contributed by atoms with Gasteiger partial charge in [-0.3, -0.25) is 9.59 Å². The number of aliphatic hydroxyl groups excluding tert-OH is 3. The van der Waals surface area contributed by atoms with Gasteiger partial charge in [-0.1, -0.05) is 6.92 Å². The molecule has 0 saturated carbocycles. The Hall–Kier alpha value is -1.63. The van der Waals surface area contributed by atoms with Crippen LogP contribution < -0.4 is 0 Å². The first kappa shape index (κ1) is 31.4. The lowest BCUT2D eigenvalue weighted by molar-refractivity contribution is -0.146. The zero-order valence-electron chi connectivity index (χ0n) is 20.1. The van der Waals surface area contributed by atoms with E-state index in [2.05, 4.69) is 0 Å². The van der Waals surface area contributed by atoms with Crippen LogP contribution in [0.5, 0.6) is 0 Å². The number of carbonyl (C=O) groups excluding carboxylic acids is 3. The summed E-state index contributed by atoms with van der Waals surface area (Å²) in [6.45, 7) is 5.74. The number of carbonyl (C=O) groups is 3. The summed E-state index contributed by atoms with van der Waals surface area (Å²) in [7, 11) is 0. The molecule has 194 valence electrons. The number of esters is 2. The average molecular weight is 481 g/mol. The molecule has 0 rings (SSSR count). The van der Waals surface area contributed by atoms with Crippen molar-refractivity contribution < 1.29 is 53.4 Å². The molecule has 3 atom stereocenters. The van der Waals surface area contributed by atoms with Gasteiger partial charge in [0, 0.05) is 25.7 Å². The molecule has 3 unspecified atom stereocenters. The molecule has 0 heterocycles. The summed E-state index contributed by atoms with van der Waals surface area (Å²) in [4.78, 5) is 32.8. The van der Waals surface area contributed by atoms with E-state index in [0.717, 1.165) is 0 Å². The van der Waals surface area contributed by atoms with Gasteiger partial charge in [-0.25, -0.2) is 0 Å². The fourth-order valence-electron chi connectivity index (χ4n) is 2.64. The number of Topliss-reactive ketones (excluding diaryl/α,β-unsaturated/α-hetero) is 1. The van der Waals surface area contributed by atoms with Crippen molar-refractivity contribution in [2.24, 2.45) is 5.41 Å². The molecule has 0 spiro atoms. The van der Waals surface area contributed by atoms with Crippen LogP contribution in [0.15, 0.2) is 0 Å². The van der Waals surface area contributed by atoms with Gasteiger partial charge in [-0.05, 0) is 19.8 Å². The largest absolute Gasteiger partial charge is 0.463 e. The van der Waals surface area contributed by atoms with Crippen LogP contribution in [0.25, 0.3) is 0 Å². The van der Waals surface area contributed by atoms with Crippen molar-refractivity contribution in [3.05, 3.63) is 0 Å². The SMILES string of the molecule is CCC(COCC(O)CCC(C)=O)(COCC(O)COC(C)=O)COCC(O)COC(C)=O. The van der Waals surface area contributed by atoms with Crippen LogP contribution in [-0.4, -0.2) is 104 Å². The second-order valence-electron chi connectivity index (χ2n) is 8.21. The zero-order chi connectivity index (χ0) is 25.3. The number of aliphatic hydroxyl groups is 3. The van der Waals surface area contributed by atoms with Crippen LogP contribution in [0.1, 0.15) is 47.0 Å². The first-order chi connectivity index (χ1) is 15.5. The number of hydrogen-bond acceptors (Lipinski definition) is 11. The highest BCUT2D eigenvalue weighted by molar-refractivity contribution is 5.75. The van der Waals surface area contributed by atoms with Crippen LogP contribution in [0.3, 0.4) is 0 Å². The van der Waals surface area contributed by atoms with Crippen molar-refractivity contribution in [1.29, 1.82) is 0 Å². The Labute approximate surface area is 195 Å². The summed E-state index contributed by atoms with van der Waals surface area (Å²) in [5, 5.41) is 29.7. The monoisotopic (exact) mass is 480 g/mol. The van der Waals surface area contributed by atoms with Gasteiger partial charge in [0.15, 0.2) is 0 Å². The average Bonchev–Trinajstić information content (AvgIpc) is 2.74. The molecule has 0 aliphatic heterocycles. The minimum Gasteiger partial charge on any atom is -0.463 e. The Kier molecular flexibility index (Phi) is 16.9. The normalized spacial score (nSPS) is 15.8. The highest BCUT2D eigenvalue weighted by atomic mass is 16.6. The lowest BCUT2D eigenvalue weighted by Crippen LogP contribution is -2.40. The molecule has 0 aromatic carbocycles. The molecule has 0 aromatic rings. The standard InChI is InChI=1S/C22H40O11/c1-5-22(13-29-8-19(26)7-6-16(2)23,14-30-9-20(27)11-32-17(3)24)15-31-10-21(28)12-33-18(4)25/h19-21,26-28H,5-15H2,1-4H3. The fourth-order valence-corrected chi connectivity index (χ4v) is 2.64. The Balaban J connectivity index is 4.78. The summed E-state index contributed by atoms with van der Waals surface area (Å²) in [5.41, 5.74) is -0.664. The van der Waals surface area contributed by atoms with E-state index in [9.17, 15) is 29.7 Å². The molecule has 33 heavy (non-hydrogen) atoms.